The second-order valence-electron chi connectivity index (χ2n) is 8.74. The average molecular weight is 492 g/mol. The van der Waals surface area contributed by atoms with Gasteiger partial charge in [0.2, 0.25) is 5.91 Å². The molecule has 0 radical (unpaired) electrons. The molecule has 0 aliphatic carbocycles. The maximum Gasteiger partial charge on any atom is 0.272 e. The third kappa shape index (κ3) is 4.74. The lowest BCUT2D eigenvalue weighted by molar-refractivity contribution is -0.132. The molecule has 36 heavy (non-hydrogen) atoms. The van der Waals surface area contributed by atoms with E-state index in [2.05, 4.69) is 15.7 Å². The van der Waals surface area contributed by atoms with Crippen LogP contribution in [0.15, 0.2) is 54.6 Å². The number of nitrogens with one attached hydrogen (secondary N) is 2. The van der Waals surface area contributed by atoms with Gasteiger partial charge in [0.25, 0.3) is 11.8 Å². The Kier molecular flexibility index (Phi) is 6.96. The van der Waals surface area contributed by atoms with Gasteiger partial charge in [0.1, 0.15) is 22.7 Å². The highest BCUT2D eigenvalue weighted by molar-refractivity contribution is 6.01. The number of methoxy groups -OCH3 is 2. The molecule has 3 amide bonds. The van der Waals surface area contributed by atoms with Gasteiger partial charge in [-0.05, 0) is 30.7 Å². The summed E-state index contributed by atoms with van der Waals surface area (Å²) in [6.45, 7) is 2.31. The van der Waals surface area contributed by atoms with Gasteiger partial charge in [-0.1, -0.05) is 30.3 Å². The molecule has 0 saturated carbocycles. The minimum Gasteiger partial charge on any atom is -0.497 e. The van der Waals surface area contributed by atoms with Gasteiger partial charge in [0.15, 0.2) is 5.69 Å². The molecule has 2 aromatic carbocycles. The van der Waals surface area contributed by atoms with Crippen LogP contribution < -0.4 is 20.1 Å². The van der Waals surface area contributed by atoms with Crippen molar-refractivity contribution in [3.63, 3.8) is 0 Å². The summed E-state index contributed by atoms with van der Waals surface area (Å²) >= 11 is 0. The number of rotatable bonds is 8. The maximum atomic E-state index is 13.1. The molecule has 0 spiro atoms. The van der Waals surface area contributed by atoms with E-state index in [1.54, 1.807) is 46.4 Å². The number of carbonyl (C=O) groups excluding carboxylic acids is 3. The molecule has 4 rings (SSSR count). The summed E-state index contributed by atoms with van der Waals surface area (Å²) in [6, 6.07) is 16.3. The van der Waals surface area contributed by atoms with E-state index >= 15 is 0 Å². The van der Waals surface area contributed by atoms with E-state index in [-0.39, 0.29) is 36.3 Å². The van der Waals surface area contributed by atoms with Gasteiger partial charge in [-0.15, -0.1) is 0 Å². The fourth-order valence-electron chi connectivity index (χ4n) is 4.09. The largest absolute Gasteiger partial charge is 0.497 e. The zero-order chi connectivity index (χ0) is 25.9. The number of amides is 3. The van der Waals surface area contributed by atoms with Crippen LogP contribution in [-0.4, -0.2) is 59.2 Å². The number of aromatic nitrogens is 2. The first-order valence-electron chi connectivity index (χ1n) is 11.4. The Labute approximate surface area is 209 Å². The van der Waals surface area contributed by atoms with Gasteiger partial charge in [-0.25, -0.2) is 0 Å². The molecule has 1 aliphatic heterocycles. The van der Waals surface area contributed by atoms with Crippen molar-refractivity contribution in [1.82, 2.24) is 25.3 Å². The van der Waals surface area contributed by atoms with Crippen LogP contribution in [0.3, 0.4) is 0 Å². The van der Waals surface area contributed by atoms with Crippen LogP contribution in [-0.2, 0) is 24.4 Å². The first-order chi connectivity index (χ1) is 17.3. The molecule has 3 aromatic rings. The lowest BCUT2D eigenvalue weighted by Crippen LogP contribution is -2.62. The van der Waals surface area contributed by atoms with Crippen molar-refractivity contribution in [2.75, 3.05) is 21.3 Å². The Balaban J connectivity index is 1.48. The van der Waals surface area contributed by atoms with Gasteiger partial charge in [-0.2, -0.15) is 5.10 Å². The van der Waals surface area contributed by atoms with Crippen molar-refractivity contribution in [3.8, 4) is 11.5 Å². The lowest BCUT2D eigenvalue weighted by atomic mass is 9.96. The van der Waals surface area contributed by atoms with E-state index in [0.717, 1.165) is 11.1 Å². The van der Waals surface area contributed by atoms with Crippen molar-refractivity contribution < 1.29 is 23.9 Å². The average Bonchev–Trinajstić information content (AvgIpc) is 3.33. The van der Waals surface area contributed by atoms with E-state index in [1.165, 1.54) is 15.6 Å². The molecule has 1 aliphatic rings. The standard InChI is InChI=1S/C26H29N5O5/c1-26(25(34)28-14-17-8-6-5-7-9-17)16-31-21(24(33)30(26)2)13-20(29-31)23(32)27-15-18-12-19(35-3)10-11-22(18)36-4/h5-13H,14-16H2,1-4H3,(H,27,32)(H,28,34)/t26-/m0/s1. The van der Waals surface area contributed by atoms with Crippen LogP contribution in [0, 0.1) is 0 Å². The fourth-order valence-corrected chi connectivity index (χ4v) is 4.09. The third-order valence-corrected chi connectivity index (χ3v) is 6.45. The highest BCUT2D eigenvalue weighted by atomic mass is 16.5. The minimum atomic E-state index is -1.17. The number of benzene rings is 2. The monoisotopic (exact) mass is 491 g/mol. The summed E-state index contributed by atoms with van der Waals surface area (Å²) in [5, 5.41) is 10.0. The predicted octanol–water partition coefficient (Wildman–Crippen LogP) is 1.99. The second kappa shape index (κ2) is 10.1. The first kappa shape index (κ1) is 24.8. The SMILES string of the molecule is COc1ccc(OC)c(CNC(=O)c2cc3n(n2)C[C@@](C)(C(=O)NCc2ccccc2)N(C)C3=O)c1. The minimum absolute atomic E-state index is 0.0857. The molecule has 10 nitrogen and oxygen atoms in total. The summed E-state index contributed by atoms with van der Waals surface area (Å²) in [5.41, 5.74) is 0.836. The van der Waals surface area contributed by atoms with Crippen LogP contribution in [0.1, 0.15) is 39.0 Å². The molecule has 2 N–H and O–H groups in total. The Morgan fingerprint density at radius 2 is 1.78 bits per heavy atom. The Bertz CT molecular complexity index is 1290. The zero-order valence-electron chi connectivity index (χ0n) is 20.7. The van der Waals surface area contributed by atoms with Crippen molar-refractivity contribution in [2.45, 2.75) is 32.1 Å². The van der Waals surface area contributed by atoms with Gasteiger partial charge in [-0.3, -0.25) is 19.1 Å². The van der Waals surface area contributed by atoms with Crippen LogP contribution in [0.5, 0.6) is 11.5 Å². The fraction of sp³-hybridized carbons (Fsp3) is 0.308. The molecule has 10 heteroatoms. The number of nitrogens with zero attached hydrogens (tertiary/aromatic N) is 3. The number of ether oxygens (including phenoxy) is 2. The van der Waals surface area contributed by atoms with Crippen molar-refractivity contribution >= 4 is 17.7 Å². The number of likely N-dealkylation sites (N-methyl/N-ethyl adjacent to an activating group) is 1. The number of carbonyl (C=O) groups is 3. The van der Waals surface area contributed by atoms with Gasteiger partial charge >= 0.3 is 0 Å². The molecular formula is C26H29N5O5. The highest BCUT2D eigenvalue weighted by Crippen LogP contribution is 2.27. The highest BCUT2D eigenvalue weighted by Gasteiger charge is 2.46. The maximum absolute atomic E-state index is 13.1. The van der Waals surface area contributed by atoms with Crippen LogP contribution in [0.25, 0.3) is 0 Å². The van der Waals surface area contributed by atoms with Gasteiger partial charge in [0.05, 0.1) is 20.8 Å². The Morgan fingerprint density at radius 3 is 2.47 bits per heavy atom. The number of hydrogen-bond donors (Lipinski definition) is 2. The second-order valence-corrected chi connectivity index (χ2v) is 8.74. The molecule has 1 aromatic heterocycles. The molecule has 0 fully saturated rings. The number of hydrogen-bond acceptors (Lipinski definition) is 6. The smallest absolute Gasteiger partial charge is 0.272 e. The molecule has 0 saturated heterocycles. The summed E-state index contributed by atoms with van der Waals surface area (Å²) < 4.78 is 12.0. The number of fused-ring (bicyclic) bond motifs is 1. The molecule has 0 bridgehead atoms. The molecule has 2 heterocycles. The molecule has 188 valence electrons. The normalized spacial score (nSPS) is 16.8. The summed E-state index contributed by atoms with van der Waals surface area (Å²) in [7, 11) is 4.69. The summed E-state index contributed by atoms with van der Waals surface area (Å²) in [4.78, 5) is 40.5. The topological polar surface area (TPSA) is 115 Å². The lowest BCUT2D eigenvalue weighted by Gasteiger charge is -2.40. The van der Waals surface area contributed by atoms with E-state index in [0.29, 0.717) is 18.0 Å². The molecule has 1 atom stereocenters. The molecular weight excluding hydrogens is 462 g/mol. The Morgan fingerprint density at radius 1 is 1.03 bits per heavy atom. The van der Waals surface area contributed by atoms with Crippen molar-refractivity contribution in [1.29, 1.82) is 0 Å². The first-order valence-corrected chi connectivity index (χ1v) is 11.4. The van der Waals surface area contributed by atoms with Crippen LogP contribution in [0.4, 0.5) is 0 Å². The van der Waals surface area contributed by atoms with Crippen LogP contribution >= 0.6 is 0 Å². The van der Waals surface area contributed by atoms with Gasteiger partial charge in [0, 0.05) is 31.8 Å². The zero-order valence-corrected chi connectivity index (χ0v) is 20.7. The van der Waals surface area contributed by atoms with E-state index in [4.69, 9.17) is 9.47 Å². The summed E-state index contributed by atoms with van der Waals surface area (Å²) in [5.74, 6) is 0.0943. The van der Waals surface area contributed by atoms with Crippen molar-refractivity contribution in [2.24, 2.45) is 0 Å². The van der Waals surface area contributed by atoms with E-state index in [9.17, 15) is 14.4 Å². The van der Waals surface area contributed by atoms with E-state index < -0.39 is 11.4 Å². The summed E-state index contributed by atoms with van der Waals surface area (Å²) in [6.07, 6.45) is 0. The van der Waals surface area contributed by atoms with Gasteiger partial charge < -0.3 is 25.0 Å². The predicted molar refractivity (Wildman–Crippen MR) is 132 cm³/mol. The molecule has 0 unspecified atom stereocenters. The third-order valence-electron chi connectivity index (χ3n) is 6.45. The Hall–Kier alpha value is -4.34. The quantitative estimate of drug-likeness (QED) is 0.498. The van der Waals surface area contributed by atoms with E-state index in [1.807, 2.05) is 30.3 Å². The van der Waals surface area contributed by atoms with Crippen LogP contribution in [0.2, 0.25) is 0 Å². The van der Waals surface area contributed by atoms with Crippen molar-refractivity contribution in [3.05, 3.63) is 77.1 Å².